The molecule has 1 fully saturated rings. The van der Waals surface area contributed by atoms with Gasteiger partial charge in [-0.25, -0.2) is 0 Å². The first-order valence-corrected chi connectivity index (χ1v) is 6.86. The number of rotatable bonds is 0. The van der Waals surface area contributed by atoms with Gasteiger partial charge in [0.25, 0.3) is 0 Å². The molecule has 1 aliphatic carbocycles. The number of nitrogens with one attached hydrogen (secondary N) is 2. The van der Waals surface area contributed by atoms with Gasteiger partial charge in [-0.05, 0) is 37.5 Å². The molecule has 0 unspecified atom stereocenters. The summed E-state index contributed by atoms with van der Waals surface area (Å²) in [5, 5.41) is 6.68. The molecule has 3 heteroatoms. The molecule has 2 aliphatic rings. The van der Waals surface area contributed by atoms with Gasteiger partial charge in [0, 0.05) is 12.0 Å². The summed E-state index contributed by atoms with van der Waals surface area (Å²) >= 11 is 0. The summed E-state index contributed by atoms with van der Waals surface area (Å²) in [6.45, 7) is 2.05. The van der Waals surface area contributed by atoms with Crippen LogP contribution in [0.2, 0.25) is 0 Å². The number of carbonyl (C=O) groups is 1. The maximum Gasteiger partial charge on any atom is 0.226 e. The lowest BCUT2D eigenvalue weighted by Gasteiger charge is -2.37. The highest BCUT2D eigenvalue weighted by molar-refractivity contribution is 5.97. The first-order chi connectivity index (χ1) is 8.67. The van der Waals surface area contributed by atoms with E-state index in [9.17, 15) is 4.79 Å². The largest absolute Gasteiger partial charge is 0.377 e. The number of hydrogen-bond acceptors (Lipinski definition) is 2. The predicted molar refractivity (Wildman–Crippen MR) is 73.9 cm³/mol. The van der Waals surface area contributed by atoms with Gasteiger partial charge in [-0.1, -0.05) is 25.3 Å². The molecule has 0 atom stereocenters. The highest BCUT2D eigenvalue weighted by Crippen LogP contribution is 2.39. The predicted octanol–water partition coefficient (Wildman–Crippen LogP) is 3.45. The fourth-order valence-corrected chi connectivity index (χ4v) is 3.23. The third-order valence-electron chi connectivity index (χ3n) is 4.16. The zero-order valence-corrected chi connectivity index (χ0v) is 10.9. The standard InChI is InChI=1S/C15H20N2O/c1-11-5-6-12-13(9-11)16-14(18)10-15(17-12)7-3-2-4-8-15/h5-6,9,17H,2-4,7-8,10H2,1H3,(H,16,18). The van der Waals surface area contributed by atoms with E-state index in [2.05, 4.69) is 22.8 Å². The van der Waals surface area contributed by atoms with E-state index in [1.807, 2.05) is 13.0 Å². The Labute approximate surface area is 108 Å². The third kappa shape index (κ3) is 2.09. The topological polar surface area (TPSA) is 41.1 Å². The molecule has 0 bridgehead atoms. The second kappa shape index (κ2) is 4.30. The summed E-state index contributed by atoms with van der Waals surface area (Å²) in [5.74, 6) is 0.147. The van der Waals surface area contributed by atoms with Crippen LogP contribution in [0.5, 0.6) is 0 Å². The first kappa shape index (κ1) is 11.6. The van der Waals surface area contributed by atoms with Crippen molar-refractivity contribution in [3.8, 4) is 0 Å². The zero-order chi connectivity index (χ0) is 12.6. The third-order valence-corrected chi connectivity index (χ3v) is 4.16. The van der Waals surface area contributed by atoms with Crippen LogP contribution in [0.3, 0.4) is 0 Å². The van der Waals surface area contributed by atoms with Gasteiger partial charge in [0.15, 0.2) is 0 Å². The summed E-state index contributed by atoms with van der Waals surface area (Å²) in [6.07, 6.45) is 6.55. The quantitative estimate of drug-likeness (QED) is 0.734. The molecule has 1 aromatic rings. The molecule has 1 spiro atoms. The highest BCUT2D eigenvalue weighted by atomic mass is 16.1. The molecule has 1 heterocycles. The average Bonchev–Trinajstić information content (AvgIpc) is 2.45. The number of fused-ring (bicyclic) bond motifs is 1. The highest BCUT2D eigenvalue weighted by Gasteiger charge is 2.36. The van der Waals surface area contributed by atoms with Crippen LogP contribution in [-0.4, -0.2) is 11.4 Å². The molecule has 1 aromatic carbocycles. The van der Waals surface area contributed by atoms with E-state index in [1.54, 1.807) is 0 Å². The van der Waals surface area contributed by atoms with Gasteiger partial charge in [-0.15, -0.1) is 0 Å². The normalized spacial score (nSPS) is 21.7. The number of hydrogen-bond donors (Lipinski definition) is 2. The molecule has 0 radical (unpaired) electrons. The van der Waals surface area contributed by atoms with E-state index in [-0.39, 0.29) is 11.4 Å². The fourth-order valence-electron chi connectivity index (χ4n) is 3.23. The van der Waals surface area contributed by atoms with Crippen LogP contribution in [0.4, 0.5) is 11.4 Å². The lowest BCUT2D eigenvalue weighted by Crippen LogP contribution is -2.41. The van der Waals surface area contributed by atoms with E-state index in [0.717, 1.165) is 24.2 Å². The van der Waals surface area contributed by atoms with Crippen molar-refractivity contribution in [1.29, 1.82) is 0 Å². The molecule has 0 aromatic heterocycles. The van der Waals surface area contributed by atoms with Gasteiger partial charge >= 0.3 is 0 Å². The van der Waals surface area contributed by atoms with Gasteiger partial charge in [-0.3, -0.25) is 4.79 Å². The smallest absolute Gasteiger partial charge is 0.226 e. The fraction of sp³-hybridized carbons (Fsp3) is 0.533. The molecule has 3 rings (SSSR count). The van der Waals surface area contributed by atoms with Crippen LogP contribution in [0.25, 0.3) is 0 Å². The van der Waals surface area contributed by atoms with Crippen LogP contribution in [0, 0.1) is 6.92 Å². The van der Waals surface area contributed by atoms with Crippen LogP contribution in [-0.2, 0) is 4.79 Å². The Morgan fingerprint density at radius 3 is 2.67 bits per heavy atom. The van der Waals surface area contributed by atoms with Gasteiger partial charge in [0.2, 0.25) is 5.91 Å². The van der Waals surface area contributed by atoms with Gasteiger partial charge in [0.1, 0.15) is 0 Å². The SMILES string of the molecule is Cc1ccc2c(c1)NC(=O)CC1(CCCCC1)N2. The van der Waals surface area contributed by atoms with Crippen molar-refractivity contribution in [3.05, 3.63) is 23.8 Å². The minimum absolute atomic E-state index is 0.0111. The Morgan fingerprint density at radius 2 is 1.89 bits per heavy atom. The molecule has 96 valence electrons. The minimum Gasteiger partial charge on any atom is -0.377 e. The van der Waals surface area contributed by atoms with Crippen LogP contribution in [0.1, 0.15) is 44.1 Å². The maximum absolute atomic E-state index is 12.1. The Balaban J connectivity index is 1.97. The second-order valence-corrected chi connectivity index (χ2v) is 5.74. The van der Waals surface area contributed by atoms with E-state index in [1.165, 1.54) is 24.8 Å². The van der Waals surface area contributed by atoms with Crippen molar-refractivity contribution in [3.63, 3.8) is 0 Å². The lowest BCUT2D eigenvalue weighted by molar-refractivity contribution is -0.117. The monoisotopic (exact) mass is 244 g/mol. The number of aryl methyl sites for hydroxylation is 1. The Kier molecular flexibility index (Phi) is 2.77. The van der Waals surface area contributed by atoms with E-state index < -0.39 is 0 Å². The molecule has 1 amide bonds. The van der Waals surface area contributed by atoms with Crippen molar-refractivity contribution in [2.45, 2.75) is 51.0 Å². The van der Waals surface area contributed by atoms with Crippen molar-refractivity contribution in [1.82, 2.24) is 0 Å². The van der Waals surface area contributed by atoms with E-state index >= 15 is 0 Å². The molecule has 1 aliphatic heterocycles. The van der Waals surface area contributed by atoms with Crippen LogP contribution >= 0.6 is 0 Å². The molecule has 1 saturated carbocycles. The van der Waals surface area contributed by atoms with Crippen LogP contribution in [0.15, 0.2) is 18.2 Å². The van der Waals surface area contributed by atoms with Crippen molar-refractivity contribution in [2.75, 3.05) is 10.6 Å². The number of carbonyl (C=O) groups excluding carboxylic acids is 1. The molecule has 2 N–H and O–H groups in total. The van der Waals surface area contributed by atoms with Crippen molar-refractivity contribution >= 4 is 17.3 Å². The van der Waals surface area contributed by atoms with E-state index in [0.29, 0.717) is 6.42 Å². The first-order valence-electron chi connectivity index (χ1n) is 6.86. The lowest BCUT2D eigenvalue weighted by atomic mass is 9.79. The average molecular weight is 244 g/mol. The summed E-state index contributed by atoms with van der Waals surface area (Å²) < 4.78 is 0. The zero-order valence-electron chi connectivity index (χ0n) is 10.9. The summed E-state index contributed by atoms with van der Waals surface area (Å²) in [7, 11) is 0. The van der Waals surface area contributed by atoms with Crippen LogP contribution < -0.4 is 10.6 Å². The molecular weight excluding hydrogens is 224 g/mol. The molecule has 3 nitrogen and oxygen atoms in total. The minimum atomic E-state index is -0.0111. The van der Waals surface area contributed by atoms with Gasteiger partial charge in [0.05, 0.1) is 11.4 Å². The number of benzene rings is 1. The number of amides is 1. The number of anilines is 2. The van der Waals surface area contributed by atoms with Crippen molar-refractivity contribution in [2.24, 2.45) is 0 Å². The molecular formula is C15H20N2O. The summed E-state index contributed by atoms with van der Waals surface area (Å²) in [5.41, 5.74) is 3.18. The van der Waals surface area contributed by atoms with Gasteiger partial charge < -0.3 is 10.6 Å². The Bertz CT molecular complexity index is 475. The maximum atomic E-state index is 12.1. The summed E-state index contributed by atoms with van der Waals surface area (Å²) in [6, 6.07) is 6.23. The molecule has 0 saturated heterocycles. The van der Waals surface area contributed by atoms with Gasteiger partial charge in [-0.2, -0.15) is 0 Å². The van der Waals surface area contributed by atoms with E-state index in [4.69, 9.17) is 0 Å². The Morgan fingerprint density at radius 1 is 1.11 bits per heavy atom. The summed E-state index contributed by atoms with van der Waals surface area (Å²) in [4.78, 5) is 12.1. The second-order valence-electron chi connectivity index (χ2n) is 5.74. The molecule has 18 heavy (non-hydrogen) atoms. The van der Waals surface area contributed by atoms with Crippen molar-refractivity contribution < 1.29 is 4.79 Å². The Hall–Kier alpha value is -1.51.